The van der Waals surface area contributed by atoms with Crippen LogP contribution in [0.1, 0.15) is 43.0 Å². The number of phenols is 1. The van der Waals surface area contributed by atoms with Crippen molar-refractivity contribution >= 4 is 0 Å². The molecule has 3 aliphatic heterocycles. The van der Waals surface area contributed by atoms with Crippen LogP contribution in [-0.4, -0.2) is 45.5 Å². The number of piperidine rings is 1. The molecule has 6 nitrogen and oxygen atoms in total. The minimum Gasteiger partial charge on any atom is -0.504 e. The van der Waals surface area contributed by atoms with E-state index in [1.54, 1.807) is 12.3 Å². The number of ether oxygens (including phenoxy) is 2. The van der Waals surface area contributed by atoms with E-state index in [-0.39, 0.29) is 17.5 Å². The number of phenolic OH excluding ortho intramolecular Hbond substituents is 1. The highest BCUT2D eigenvalue weighted by molar-refractivity contribution is 5.49. The Labute approximate surface area is 153 Å². The fraction of sp³-hybridized carbons (Fsp3) is 0.550. The number of rotatable bonds is 2. The lowest BCUT2D eigenvalue weighted by Crippen LogP contribution is -2.57. The summed E-state index contributed by atoms with van der Waals surface area (Å²) in [5.41, 5.74) is 1.93. The summed E-state index contributed by atoms with van der Waals surface area (Å²) in [7, 11) is 0. The molecule has 6 heteroatoms. The number of hydrogen-bond donors (Lipinski definition) is 2. The van der Waals surface area contributed by atoms with Gasteiger partial charge in [-0.3, -0.25) is 10.00 Å². The van der Waals surface area contributed by atoms with Crippen molar-refractivity contribution in [1.29, 1.82) is 0 Å². The highest BCUT2D eigenvalue weighted by atomic mass is 16.5. The predicted molar refractivity (Wildman–Crippen MR) is 96.0 cm³/mol. The molecule has 0 aliphatic carbocycles. The second-order valence-electron chi connectivity index (χ2n) is 7.76. The topological polar surface area (TPSA) is 70.6 Å². The highest BCUT2D eigenvalue weighted by Gasteiger charge is 2.52. The molecule has 0 radical (unpaired) electrons. The zero-order valence-electron chi connectivity index (χ0n) is 14.9. The molecule has 2 atom stereocenters. The number of fused-ring (bicyclic) bond motifs is 4. The molecule has 138 valence electrons. The van der Waals surface area contributed by atoms with Crippen LogP contribution in [0.3, 0.4) is 0 Å². The zero-order valence-corrected chi connectivity index (χ0v) is 14.9. The molecular formula is C20H25N3O3. The average molecular weight is 355 g/mol. The Hall–Kier alpha value is -2.05. The molecule has 2 N–H and O–H groups in total. The monoisotopic (exact) mass is 355 g/mol. The van der Waals surface area contributed by atoms with Crippen LogP contribution in [0, 0.1) is 5.92 Å². The molecule has 26 heavy (non-hydrogen) atoms. The number of benzene rings is 1. The summed E-state index contributed by atoms with van der Waals surface area (Å²) in [4.78, 5) is 2.45. The fourth-order valence-electron chi connectivity index (χ4n) is 4.96. The van der Waals surface area contributed by atoms with Crippen molar-refractivity contribution in [3.63, 3.8) is 0 Å². The first-order valence-electron chi connectivity index (χ1n) is 9.58. The maximum atomic E-state index is 10.4. The van der Waals surface area contributed by atoms with Gasteiger partial charge in [-0.05, 0) is 25.0 Å². The van der Waals surface area contributed by atoms with E-state index < -0.39 is 0 Å². The van der Waals surface area contributed by atoms with Gasteiger partial charge in [0.2, 0.25) is 0 Å². The third kappa shape index (κ3) is 2.59. The SMILES string of the molecule is Oc1cccc2c1OC1(CCN(Cc3ccn[nH]3)CC1)[C@H]1CCCO[C@H]21. The molecule has 1 aromatic carbocycles. The minimum atomic E-state index is -0.235. The molecule has 3 aliphatic rings. The maximum absolute atomic E-state index is 10.4. The van der Waals surface area contributed by atoms with Gasteiger partial charge in [-0.1, -0.05) is 12.1 Å². The number of H-pyrrole nitrogens is 1. The van der Waals surface area contributed by atoms with Crippen molar-refractivity contribution in [2.24, 2.45) is 5.92 Å². The highest BCUT2D eigenvalue weighted by Crippen LogP contribution is 2.55. The van der Waals surface area contributed by atoms with Gasteiger partial charge >= 0.3 is 0 Å². The van der Waals surface area contributed by atoms with Gasteiger partial charge in [-0.2, -0.15) is 5.10 Å². The van der Waals surface area contributed by atoms with Crippen molar-refractivity contribution in [3.8, 4) is 11.5 Å². The molecular weight excluding hydrogens is 330 g/mol. The molecule has 0 unspecified atom stereocenters. The number of para-hydroxylation sites is 1. The summed E-state index contributed by atoms with van der Waals surface area (Å²) in [6.07, 6.45) is 5.96. The molecule has 0 bridgehead atoms. The van der Waals surface area contributed by atoms with Crippen LogP contribution in [0.4, 0.5) is 0 Å². The normalized spacial score (nSPS) is 27.5. The summed E-state index contributed by atoms with van der Waals surface area (Å²) in [5.74, 6) is 1.23. The van der Waals surface area contributed by atoms with E-state index in [0.29, 0.717) is 11.7 Å². The largest absolute Gasteiger partial charge is 0.504 e. The van der Waals surface area contributed by atoms with Gasteiger partial charge in [0.05, 0.1) is 6.10 Å². The Morgan fingerprint density at radius 1 is 1.27 bits per heavy atom. The lowest BCUT2D eigenvalue weighted by Gasteiger charge is -2.53. The molecule has 5 rings (SSSR count). The quantitative estimate of drug-likeness (QED) is 0.867. The summed E-state index contributed by atoms with van der Waals surface area (Å²) in [6, 6.07) is 7.67. The van der Waals surface area contributed by atoms with Crippen LogP contribution in [0.2, 0.25) is 0 Å². The van der Waals surface area contributed by atoms with E-state index in [0.717, 1.165) is 63.2 Å². The van der Waals surface area contributed by atoms with E-state index in [1.165, 1.54) is 0 Å². The molecule has 2 saturated heterocycles. The van der Waals surface area contributed by atoms with Gasteiger partial charge in [0, 0.05) is 62.5 Å². The first-order chi connectivity index (χ1) is 12.8. The first kappa shape index (κ1) is 16.1. The maximum Gasteiger partial charge on any atom is 0.167 e. The fourth-order valence-corrected chi connectivity index (χ4v) is 4.96. The van der Waals surface area contributed by atoms with Crippen molar-refractivity contribution in [3.05, 3.63) is 41.7 Å². The number of nitrogens with one attached hydrogen (secondary N) is 1. The van der Waals surface area contributed by atoms with Gasteiger partial charge in [0.25, 0.3) is 0 Å². The minimum absolute atomic E-state index is 0.0405. The average Bonchev–Trinajstić information content (AvgIpc) is 3.18. The molecule has 2 fully saturated rings. The standard InChI is InChI=1S/C20H25N3O3/c24-17-5-1-3-15-18-16(4-2-12-25-18)20(26-19(15)17)7-10-23(11-8-20)13-14-6-9-21-22-14/h1,3,5-6,9,16,18,24H,2,4,7-8,10-13H2,(H,21,22)/t16-,18+/m0/s1. The second kappa shape index (κ2) is 6.28. The Morgan fingerprint density at radius 3 is 2.96 bits per heavy atom. The van der Waals surface area contributed by atoms with E-state index in [4.69, 9.17) is 9.47 Å². The van der Waals surface area contributed by atoms with E-state index in [2.05, 4.69) is 15.1 Å². The predicted octanol–water partition coefficient (Wildman–Crippen LogP) is 3.01. The Kier molecular flexibility index (Phi) is 3.90. The molecule has 1 aromatic heterocycles. The van der Waals surface area contributed by atoms with Crippen LogP contribution in [0.15, 0.2) is 30.5 Å². The van der Waals surface area contributed by atoms with Gasteiger partial charge in [-0.15, -0.1) is 0 Å². The van der Waals surface area contributed by atoms with Crippen LogP contribution in [-0.2, 0) is 11.3 Å². The Balaban J connectivity index is 1.41. The number of nitrogens with zero attached hydrogens (tertiary/aromatic N) is 2. The van der Waals surface area contributed by atoms with Crippen LogP contribution in [0.5, 0.6) is 11.5 Å². The number of aromatic nitrogens is 2. The van der Waals surface area contributed by atoms with Crippen molar-refractivity contribution in [2.45, 2.75) is 43.9 Å². The molecule has 0 amide bonds. The third-order valence-corrected chi connectivity index (χ3v) is 6.29. The van der Waals surface area contributed by atoms with Crippen molar-refractivity contribution < 1.29 is 14.6 Å². The number of hydrogen-bond acceptors (Lipinski definition) is 5. The zero-order chi connectivity index (χ0) is 17.6. The van der Waals surface area contributed by atoms with Crippen molar-refractivity contribution in [2.75, 3.05) is 19.7 Å². The third-order valence-electron chi connectivity index (χ3n) is 6.29. The summed E-state index contributed by atoms with van der Waals surface area (Å²) >= 11 is 0. The number of aromatic hydroxyl groups is 1. The van der Waals surface area contributed by atoms with Crippen LogP contribution in [0.25, 0.3) is 0 Å². The van der Waals surface area contributed by atoms with Crippen LogP contribution < -0.4 is 4.74 Å². The smallest absolute Gasteiger partial charge is 0.167 e. The summed E-state index contributed by atoms with van der Waals surface area (Å²) < 4.78 is 12.8. The first-order valence-corrected chi connectivity index (χ1v) is 9.58. The molecule has 2 aromatic rings. The van der Waals surface area contributed by atoms with Gasteiger partial charge in [0.15, 0.2) is 11.5 Å². The molecule has 0 saturated carbocycles. The van der Waals surface area contributed by atoms with E-state index in [1.807, 2.05) is 18.2 Å². The second-order valence-corrected chi connectivity index (χ2v) is 7.76. The van der Waals surface area contributed by atoms with Gasteiger partial charge < -0.3 is 14.6 Å². The lowest BCUT2D eigenvalue weighted by atomic mass is 9.70. The van der Waals surface area contributed by atoms with E-state index >= 15 is 0 Å². The molecule has 1 spiro atoms. The van der Waals surface area contributed by atoms with E-state index in [9.17, 15) is 5.11 Å². The Bertz CT molecular complexity index is 769. The number of aromatic amines is 1. The van der Waals surface area contributed by atoms with Crippen LogP contribution >= 0.6 is 0 Å². The number of likely N-dealkylation sites (tertiary alicyclic amines) is 1. The molecule has 4 heterocycles. The van der Waals surface area contributed by atoms with Crippen molar-refractivity contribution in [1.82, 2.24) is 15.1 Å². The van der Waals surface area contributed by atoms with Gasteiger partial charge in [0.1, 0.15) is 5.60 Å². The lowest BCUT2D eigenvalue weighted by molar-refractivity contribution is -0.150. The summed E-state index contributed by atoms with van der Waals surface area (Å²) in [6.45, 7) is 3.64. The Morgan fingerprint density at radius 2 is 2.15 bits per heavy atom. The van der Waals surface area contributed by atoms with Gasteiger partial charge in [-0.25, -0.2) is 0 Å². The summed E-state index contributed by atoms with van der Waals surface area (Å²) in [5, 5.41) is 17.5.